The van der Waals surface area contributed by atoms with Crippen molar-refractivity contribution in [1.82, 2.24) is 14.9 Å². The maximum atomic E-state index is 6.65. The molecule has 4 heterocycles. The van der Waals surface area contributed by atoms with Crippen LogP contribution in [-0.2, 0) is 32.0 Å². The number of aromatic nitrogens is 2. The van der Waals surface area contributed by atoms with Crippen molar-refractivity contribution in [3.8, 4) is 5.88 Å². The largest absolute Gasteiger partial charge is 0.479 e. The van der Waals surface area contributed by atoms with E-state index in [0.717, 1.165) is 22.0 Å². The summed E-state index contributed by atoms with van der Waals surface area (Å²) >= 11 is 0. The van der Waals surface area contributed by atoms with Crippen molar-refractivity contribution in [1.29, 1.82) is 0 Å². The molecule has 8 nitrogen and oxygen atoms in total. The summed E-state index contributed by atoms with van der Waals surface area (Å²) in [4.78, 5) is 4.49. The Hall–Kier alpha value is -2.27. The van der Waals surface area contributed by atoms with Crippen LogP contribution in [0.25, 0.3) is 10.9 Å². The number of pyridine rings is 1. The van der Waals surface area contributed by atoms with E-state index >= 15 is 0 Å². The van der Waals surface area contributed by atoms with Gasteiger partial charge < -0.3 is 33.3 Å². The minimum Gasteiger partial charge on any atom is -0.479 e. The van der Waals surface area contributed by atoms with Gasteiger partial charge in [0.2, 0.25) is 5.88 Å². The molecular weight excluding hydrogens is 510 g/mol. The highest BCUT2D eigenvalue weighted by Crippen LogP contribution is 2.45. The minimum atomic E-state index is -1.93. The summed E-state index contributed by atoms with van der Waals surface area (Å²) in [5.41, 5.74) is 3.14. The fourth-order valence-corrected chi connectivity index (χ4v) is 6.34. The summed E-state index contributed by atoms with van der Waals surface area (Å²) < 4.78 is 33.5. The van der Waals surface area contributed by atoms with Gasteiger partial charge in [-0.2, -0.15) is 0 Å². The van der Waals surface area contributed by atoms with Crippen molar-refractivity contribution in [3.63, 3.8) is 0 Å². The number of fused-ring (bicyclic) bond motifs is 2. The first kappa shape index (κ1) is 28.3. The van der Waals surface area contributed by atoms with Gasteiger partial charge in [-0.25, -0.2) is 4.98 Å². The Morgan fingerprint density at radius 2 is 1.79 bits per heavy atom. The van der Waals surface area contributed by atoms with Gasteiger partial charge in [-0.1, -0.05) is 51.1 Å². The predicted molar refractivity (Wildman–Crippen MR) is 154 cm³/mol. The standard InChI is InChI=1S/C30H43N3O5Si/c1-29(2,3)39(7,8)36-18-23-26-27(38-30(4,5)37-26)24(32-23)22-16-33(19-35-17-20-12-10-9-11-13-20)25-21(22)14-15-31-28(25)34-6/h9-16,23-24,26-27,32H,17-19H2,1-8H3/t23-,24+,26-,27+/m1/s1. The number of hydrogen-bond donors (Lipinski definition) is 1. The first-order valence-corrected chi connectivity index (χ1v) is 16.7. The molecule has 3 aromatic rings. The Morgan fingerprint density at radius 3 is 2.49 bits per heavy atom. The molecule has 0 radical (unpaired) electrons. The van der Waals surface area contributed by atoms with Crippen molar-refractivity contribution in [3.05, 3.63) is 59.9 Å². The summed E-state index contributed by atoms with van der Waals surface area (Å²) in [5.74, 6) is -0.0975. The van der Waals surface area contributed by atoms with E-state index in [-0.39, 0.29) is 29.3 Å². The summed E-state index contributed by atoms with van der Waals surface area (Å²) in [6.45, 7) is 16.8. The zero-order valence-corrected chi connectivity index (χ0v) is 25.5. The molecule has 1 N–H and O–H groups in total. The molecule has 4 atom stereocenters. The smallest absolute Gasteiger partial charge is 0.238 e. The molecule has 2 aliphatic rings. The monoisotopic (exact) mass is 553 g/mol. The molecule has 2 fully saturated rings. The summed E-state index contributed by atoms with van der Waals surface area (Å²) in [7, 11) is -0.279. The number of benzene rings is 1. The van der Waals surface area contributed by atoms with E-state index in [9.17, 15) is 0 Å². The third-order valence-electron chi connectivity index (χ3n) is 8.37. The summed E-state index contributed by atoms with van der Waals surface area (Å²) in [6.07, 6.45) is 3.66. The fourth-order valence-electron chi connectivity index (χ4n) is 5.31. The molecular formula is C30H43N3O5Si. The predicted octanol–water partition coefficient (Wildman–Crippen LogP) is 5.77. The van der Waals surface area contributed by atoms with Crippen LogP contribution in [0.15, 0.2) is 48.8 Å². The molecule has 0 amide bonds. The summed E-state index contributed by atoms with van der Waals surface area (Å²) in [5, 5.41) is 5.02. The number of nitrogens with zero attached hydrogens (tertiary/aromatic N) is 2. The van der Waals surface area contributed by atoms with Crippen molar-refractivity contribution in [2.45, 2.75) is 96.2 Å². The second-order valence-electron chi connectivity index (χ2n) is 12.6. The average molecular weight is 554 g/mol. The Kier molecular flexibility index (Phi) is 7.69. The highest BCUT2D eigenvalue weighted by molar-refractivity contribution is 6.74. The third-order valence-corrected chi connectivity index (χ3v) is 12.9. The van der Waals surface area contributed by atoms with E-state index in [1.807, 2.05) is 38.1 Å². The molecule has 39 heavy (non-hydrogen) atoms. The molecule has 9 heteroatoms. The second-order valence-corrected chi connectivity index (χ2v) is 17.4. The lowest BCUT2D eigenvalue weighted by atomic mass is 10.0. The van der Waals surface area contributed by atoms with Gasteiger partial charge in [0.05, 0.1) is 32.4 Å². The molecule has 0 spiro atoms. The van der Waals surface area contributed by atoms with Gasteiger partial charge in [-0.15, -0.1) is 0 Å². The van der Waals surface area contributed by atoms with E-state index < -0.39 is 14.1 Å². The van der Waals surface area contributed by atoms with Crippen molar-refractivity contribution in [2.24, 2.45) is 0 Å². The van der Waals surface area contributed by atoms with Crippen LogP contribution >= 0.6 is 0 Å². The van der Waals surface area contributed by atoms with Crippen molar-refractivity contribution >= 4 is 19.2 Å². The van der Waals surface area contributed by atoms with Gasteiger partial charge in [0.1, 0.15) is 24.5 Å². The van der Waals surface area contributed by atoms with Crippen LogP contribution in [0.4, 0.5) is 0 Å². The lowest BCUT2D eigenvalue weighted by Crippen LogP contribution is -2.47. The van der Waals surface area contributed by atoms with Gasteiger partial charge in [0.15, 0.2) is 14.1 Å². The van der Waals surface area contributed by atoms with E-state index in [2.05, 4.69) is 67.1 Å². The first-order valence-electron chi connectivity index (χ1n) is 13.8. The van der Waals surface area contributed by atoms with Crippen molar-refractivity contribution < 1.29 is 23.4 Å². The van der Waals surface area contributed by atoms with E-state index in [1.54, 1.807) is 13.3 Å². The molecule has 5 rings (SSSR count). The topological polar surface area (TPSA) is 76.0 Å². The number of nitrogens with one attached hydrogen (secondary N) is 1. The molecule has 0 aliphatic carbocycles. The van der Waals surface area contributed by atoms with E-state index in [4.69, 9.17) is 23.4 Å². The highest BCUT2D eigenvalue weighted by atomic mass is 28.4. The Morgan fingerprint density at radius 1 is 1.08 bits per heavy atom. The Balaban J connectivity index is 1.44. The molecule has 2 aliphatic heterocycles. The van der Waals surface area contributed by atoms with Gasteiger partial charge in [-0.05, 0) is 49.2 Å². The van der Waals surface area contributed by atoms with Crippen LogP contribution < -0.4 is 10.1 Å². The lowest BCUT2D eigenvalue weighted by molar-refractivity contribution is -0.157. The summed E-state index contributed by atoms with van der Waals surface area (Å²) in [6, 6.07) is 12.1. The van der Waals surface area contributed by atoms with E-state index in [1.165, 1.54) is 0 Å². The van der Waals surface area contributed by atoms with E-state index in [0.29, 0.717) is 25.8 Å². The van der Waals surface area contributed by atoms with Gasteiger partial charge >= 0.3 is 0 Å². The van der Waals surface area contributed by atoms with Crippen LogP contribution in [0, 0.1) is 0 Å². The Bertz CT molecular complexity index is 1290. The molecule has 0 bridgehead atoms. The fraction of sp³-hybridized carbons (Fsp3) is 0.567. The molecule has 2 aromatic heterocycles. The molecule has 0 saturated carbocycles. The van der Waals surface area contributed by atoms with Crippen molar-refractivity contribution in [2.75, 3.05) is 13.7 Å². The van der Waals surface area contributed by atoms with Crippen LogP contribution in [0.1, 0.15) is 51.8 Å². The zero-order chi connectivity index (χ0) is 28.0. The third kappa shape index (κ3) is 5.66. The lowest BCUT2D eigenvalue weighted by Gasteiger charge is -2.37. The number of rotatable bonds is 9. The normalized spacial score (nSPS) is 24.8. The van der Waals surface area contributed by atoms with Gasteiger partial charge in [-0.3, -0.25) is 0 Å². The number of hydrogen-bond acceptors (Lipinski definition) is 7. The maximum absolute atomic E-state index is 6.65. The SMILES string of the molecule is COc1nccc2c([C@@H]3N[C@H](CO[Si](C)(C)C(C)(C)C)[C@H]4OC(C)(C)O[C@H]43)cn(COCc3ccccc3)c12. The van der Waals surface area contributed by atoms with Crippen LogP contribution in [-0.4, -0.2) is 55.6 Å². The second kappa shape index (κ2) is 10.6. The zero-order valence-electron chi connectivity index (χ0n) is 24.5. The Labute approximate surface area is 233 Å². The van der Waals surface area contributed by atoms with Crippen LogP contribution in [0.3, 0.4) is 0 Å². The molecule has 212 valence electrons. The molecule has 2 saturated heterocycles. The number of methoxy groups -OCH3 is 1. The quantitative estimate of drug-likeness (QED) is 0.337. The maximum Gasteiger partial charge on any atom is 0.238 e. The average Bonchev–Trinajstić information content (AvgIpc) is 3.51. The molecule has 0 unspecified atom stereocenters. The minimum absolute atomic E-state index is 0.00682. The number of ether oxygens (including phenoxy) is 4. The van der Waals surface area contributed by atoms with Gasteiger partial charge in [0, 0.05) is 17.8 Å². The van der Waals surface area contributed by atoms with Crippen LogP contribution in [0.5, 0.6) is 5.88 Å². The molecule has 1 aromatic carbocycles. The van der Waals surface area contributed by atoms with Crippen LogP contribution in [0.2, 0.25) is 18.1 Å². The van der Waals surface area contributed by atoms with Gasteiger partial charge in [0.25, 0.3) is 0 Å². The highest BCUT2D eigenvalue weighted by Gasteiger charge is 2.55. The first-order chi connectivity index (χ1) is 18.4.